The van der Waals surface area contributed by atoms with Crippen molar-refractivity contribution < 1.29 is 23.9 Å². The summed E-state index contributed by atoms with van der Waals surface area (Å²) in [6, 6.07) is 5.24. The van der Waals surface area contributed by atoms with Crippen molar-refractivity contribution in [1.29, 1.82) is 0 Å². The molecule has 8 nitrogen and oxygen atoms in total. The van der Waals surface area contributed by atoms with E-state index in [-0.39, 0.29) is 30.1 Å². The quantitative estimate of drug-likeness (QED) is 0.556. The number of piperidine rings is 2. The number of anilines is 2. The molecule has 0 aromatic heterocycles. The number of nitrogens with zero attached hydrogens (tertiary/aromatic N) is 2. The second-order valence-corrected chi connectivity index (χ2v) is 10.8. The Bertz CT molecular complexity index is 1000. The predicted octanol–water partition coefficient (Wildman–Crippen LogP) is 2.67. The number of fused-ring (bicyclic) bond motifs is 1. The number of carbonyl (C=O) groups excluding carboxylic acids is 4. The van der Waals surface area contributed by atoms with Crippen LogP contribution < -0.4 is 15.1 Å². The second kappa shape index (κ2) is 8.15. The van der Waals surface area contributed by atoms with E-state index in [1.165, 1.54) is 0 Å². The summed E-state index contributed by atoms with van der Waals surface area (Å²) < 4.78 is 5.55. The molecule has 1 atom stereocenters. The van der Waals surface area contributed by atoms with Crippen molar-refractivity contribution in [2.24, 2.45) is 5.92 Å². The molecule has 0 bridgehead atoms. The minimum atomic E-state index is -0.776. The van der Waals surface area contributed by atoms with Crippen LogP contribution in [0.5, 0.6) is 0 Å². The topological polar surface area (TPSA) is 96.0 Å². The van der Waals surface area contributed by atoms with Crippen molar-refractivity contribution in [2.45, 2.75) is 77.4 Å². The van der Waals surface area contributed by atoms with Gasteiger partial charge < -0.3 is 9.64 Å². The third-order valence-corrected chi connectivity index (χ3v) is 6.79. The first kappa shape index (κ1) is 23.3. The summed E-state index contributed by atoms with van der Waals surface area (Å²) in [5, 5.41) is 2.36. The molecule has 2 fully saturated rings. The van der Waals surface area contributed by atoms with Gasteiger partial charge in [0.25, 0.3) is 0 Å². The van der Waals surface area contributed by atoms with E-state index in [9.17, 15) is 19.2 Å². The zero-order valence-corrected chi connectivity index (χ0v) is 20.1. The summed E-state index contributed by atoms with van der Waals surface area (Å²) in [7, 11) is 0. The van der Waals surface area contributed by atoms with Crippen LogP contribution in [-0.4, -0.2) is 48.4 Å². The Balaban J connectivity index is 1.52. The van der Waals surface area contributed by atoms with E-state index in [0.717, 1.165) is 42.9 Å². The van der Waals surface area contributed by atoms with Crippen molar-refractivity contribution in [1.82, 2.24) is 5.32 Å². The number of benzene rings is 1. The Morgan fingerprint density at radius 1 is 1.09 bits per heavy atom. The van der Waals surface area contributed by atoms with E-state index in [2.05, 4.69) is 10.2 Å². The van der Waals surface area contributed by atoms with E-state index in [1.807, 2.05) is 52.8 Å². The molecule has 3 aliphatic rings. The molecule has 8 heteroatoms. The zero-order chi connectivity index (χ0) is 24.1. The molecule has 178 valence electrons. The van der Waals surface area contributed by atoms with Crippen LogP contribution in [0.25, 0.3) is 0 Å². The highest BCUT2D eigenvalue weighted by molar-refractivity contribution is 6.13. The third-order valence-electron chi connectivity index (χ3n) is 6.79. The highest BCUT2D eigenvalue weighted by Gasteiger charge is 2.49. The van der Waals surface area contributed by atoms with Gasteiger partial charge >= 0.3 is 5.97 Å². The summed E-state index contributed by atoms with van der Waals surface area (Å²) in [6.45, 7) is 10.8. The highest BCUT2D eigenvalue weighted by atomic mass is 16.6. The van der Waals surface area contributed by atoms with E-state index >= 15 is 0 Å². The van der Waals surface area contributed by atoms with Crippen molar-refractivity contribution in [3.8, 4) is 0 Å². The van der Waals surface area contributed by atoms with Crippen molar-refractivity contribution in [2.75, 3.05) is 22.9 Å². The molecule has 1 aromatic rings. The van der Waals surface area contributed by atoms with Crippen molar-refractivity contribution in [3.05, 3.63) is 23.8 Å². The van der Waals surface area contributed by atoms with E-state index in [1.54, 1.807) is 4.90 Å². The maximum Gasteiger partial charge on any atom is 0.309 e. The Hall–Kier alpha value is -2.90. The molecule has 0 aliphatic carbocycles. The van der Waals surface area contributed by atoms with Gasteiger partial charge in [-0.3, -0.25) is 29.4 Å². The lowest BCUT2D eigenvalue weighted by Crippen LogP contribution is -2.55. The molecule has 1 unspecified atom stereocenters. The fraction of sp³-hybridized carbons (Fsp3) is 0.600. The van der Waals surface area contributed by atoms with Crippen LogP contribution >= 0.6 is 0 Å². The lowest BCUT2D eigenvalue weighted by molar-refractivity contribution is -0.160. The normalized spacial score (nSPS) is 23.4. The second-order valence-electron chi connectivity index (χ2n) is 10.8. The monoisotopic (exact) mass is 455 g/mol. The first-order valence-corrected chi connectivity index (χ1v) is 11.7. The molecular formula is C25H33N3O5. The van der Waals surface area contributed by atoms with Crippen LogP contribution in [0.15, 0.2) is 18.2 Å². The van der Waals surface area contributed by atoms with Gasteiger partial charge in [0.05, 0.1) is 11.3 Å². The van der Waals surface area contributed by atoms with Gasteiger partial charge in [0.2, 0.25) is 17.7 Å². The molecular weight excluding hydrogens is 422 g/mol. The average Bonchev–Trinajstić information content (AvgIpc) is 2.93. The molecule has 33 heavy (non-hydrogen) atoms. The number of hydrogen-bond acceptors (Lipinski definition) is 6. The summed E-state index contributed by atoms with van der Waals surface area (Å²) in [6.07, 6.45) is 1.99. The maximum atomic E-state index is 13.3. The fourth-order valence-corrected chi connectivity index (χ4v) is 4.95. The number of rotatable bonds is 3. The minimum absolute atomic E-state index is 0.101. The number of amides is 3. The summed E-state index contributed by atoms with van der Waals surface area (Å²) in [5.74, 6) is -1.09. The van der Waals surface area contributed by atoms with Gasteiger partial charge in [-0.1, -0.05) is 0 Å². The first-order valence-electron chi connectivity index (χ1n) is 11.7. The molecule has 0 radical (unpaired) electrons. The van der Waals surface area contributed by atoms with Crippen LogP contribution in [0.2, 0.25) is 0 Å². The zero-order valence-electron chi connectivity index (χ0n) is 20.1. The molecule has 3 heterocycles. The average molecular weight is 456 g/mol. The predicted molar refractivity (Wildman–Crippen MR) is 124 cm³/mol. The number of carbonyl (C=O) groups is 4. The van der Waals surface area contributed by atoms with E-state index in [0.29, 0.717) is 6.42 Å². The van der Waals surface area contributed by atoms with Gasteiger partial charge in [-0.15, -0.1) is 0 Å². The van der Waals surface area contributed by atoms with Gasteiger partial charge in [-0.05, 0) is 77.6 Å². The fourth-order valence-electron chi connectivity index (χ4n) is 4.95. The molecule has 1 aromatic carbocycles. The SMILES string of the molecule is CC(C)(C)OC(=O)C1CCN(c2ccc3c(c2)C(C)(C)C(=O)N3C2CCC(=O)NC2=O)CC1. The standard InChI is InChI=1S/C25H33N3O5/c1-24(2,3)33-22(31)15-10-12-27(13-11-15)16-6-7-18-17(14-16)25(4,5)23(32)28(18)19-8-9-20(29)26-21(19)30/h6-7,14-15,19H,8-13H2,1-5H3,(H,26,29,30). The smallest absolute Gasteiger partial charge is 0.309 e. The number of ether oxygens (including phenoxy) is 1. The Labute approximate surface area is 194 Å². The van der Waals surface area contributed by atoms with Gasteiger partial charge in [0.1, 0.15) is 11.6 Å². The van der Waals surface area contributed by atoms with Crippen molar-refractivity contribution in [3.63, 3.8) is 0 Å². The third kappa shape index (κ3) is 4.35. The molecule has 2 saturated heterocycles. The van der Waals surface area contributed by atoms with Crippen LogP contribution in [0.1, 0.15) is 65.9 Å². The van der Waals surface area contributed by atoms with Crippen LogP contribution in [0, 0.1) is 5.92 Å². The number of esters is 1. The number of hydrogen-bond donors (Lipinski definition) is 1. The van der Waals surface area contributed by atoms with Gasteiger partial charge in [0.15, 0.2) is 0 Å². The van der Waals surface area contributed by atoms with E-state index < -0.39 is 23.0 Å². The number of imide groups is 1. The van der Waals surface area contributed by atoms with Gasteiger partial charge in [0, 0.05) is 30.9 Å². The van der Waals surface area contributed by atoms with Gasteiger partial charge in [-0.2, -0.15) is 0 Å². The summed E-state index contributed by atoms with van der Waals surface area (Å²) in [4.78, 5) is 53.6. The lowest BCUT2D eigenvalue weighted by atomic mass is 9.85. The summed E-state index contributed by atoms with van der Waals surface area (Å²) >= 11 is 0. The minimum Gasteiger partial charge on any atom is -0.460 e. The number of nitrogens with one attached hydrogen (secondary N) is 1. The van der Waals surface area contributed by atoms with Crippen LogP contribution in [0.4, 0.5) is 11.4 Å². The highest BCUT2D eigenvalue weighted by Crippen LogP contribution is 2.45. The van der Waals surface area contributed by atoms with Crippen LogP contribution in [-0.2, 0) is 29.3 Å². The van der Waals surface area contributed by atoms with Crippen LogP contribution in [0.3, 0.4) is 0 Å². The maximum absolute atomic E-state index is 13.3. The van der Waals surface area contributed by atoms with Gasteiger partial charge in [-0.25, -0.2) is 0 Å². The molecule has 3 aliphatic heterocycles. The Kier molecular flexibility index (Phi) is 5.75. The Morgan fingerprint density at radius 3 is 2.36 bits per heavy atom. The molecule has 0 saturated carbocycles. The molecule has 1 N–H and O–H groups in total. The Morgan fingerprint density at radius 2 is 1.76 bits per heavy atom. The molecule has 0 spiro atoms. The van der Waals surface area contributed by atoms with Crippen molar-refractivity contribution >= 4 is 35.1 Å². The summed E-state index contributed by atoms with van der Waals surface area (Å²) in [5.41, 5.74) is 1.35. The molecule has 3 amide bonds. The lowest BCUT2D eigenvalue weighted by Gasteiger charge is -2.34. The van der Waals surface area contributed by atoms with E-state index in [4.69, 9.17) is 4.74 Å². The largest absolute Gasteiger partial charge is 0.460 e. The first-order chi connectivity index (χ1) is 15.4. The molecule has 4 rings (SSSR count).